The summed E-state index contributed by atoms with van der Waals surface area (Å²) in [6, 6.07) is 1.76. The Kier molecular flexibility index (Phi) is 4.70. The lowest BCUT2D eigenvalue weighted by atomic mass is 9.98. The Bertz CT molecular complexity index is 343. The van der Waals surface area contributed by atoms with Crippen molar-refractivity contribution >= 4 is 17.7 Å². The van der Waals surface area contributed by atoms with Gasteiger partial charge in [-0.15, -0.1) is 0 Å². The minimum Gasteiger partial charge on any atom is -0.480 e. The van der Waals surface area contributed by atoms with E-state index in [1.807, 2.05) is 0 Å². The minimum atomic E-state index is -1.14. The van der Waals surface area contributed by atoms with Crippen molar-refractivity contribution in [2.75, 3.05) is 5.75 Å². The number of carboxylic acids is 1. The molecule has 0 aliphatic carbocycles. The Morgan fingerprint density at radius 2 is 2.19 bits per heavy atom. The number of aliphatic carboxylic acids is 1. The lowest BCUT2D eigenvalue weighted by Gasteiger charge is -2.18. The zero-order valence-electron chi connectivity index (χ0n) is 9.09. The van der Waals surface area contributed by atoms with Crippen molar-refractivity contribution in [2.24, 2.45) is 5.73 Å². The average molecular weight is 241 g/mol. The van der Waals surface area contributed by atoms with E-state index in [-0.39, 0.29) is 0 Å². The number of aromatic nitrogens is 2. The molecule has 6 heteroatoms. The number of thioether (sulfide) groups is 1. The Morgan fingerprint density at radius 3 is 2.75 bits per heavy atom. The molecule has 0 aromatic carbocycles. The second-order valence-electron chi connectivity index (χ2n) is 3.71. The van der Waals surface area contributed by atoms with Gasteiger partial charge in [-0.25, -0.2) is 9.97 Å². The van der Waals surface area contributed by atoms with Crippen LogP contribution < -0.4 is 5.73 Å². The van der Waals surface area contributed by atoms with Crippen LogP contribution in [0.15, 0.2) is 23.6 Å². The zero-order valence-corrected chi connectivity index (χ0v) is 9.91. The van der Waals surface area contributed by atoms with E-state index in [0.29, 0.717) is 11.6 Å². The molecule has 1 aromatic heterocycles. The fraction of sp³-hybridized carbons (Fsp3) is 0.500. The number of nitrogens with two attached hydrogens (primary N) is 1. The highest BCUT2D eigenvalue weighted by Crippen LogP contribution is 2.16. The fourth-order valence-corrected chi connectivity index (χ4v) is 1.81. The molecule has 0 spiro atoms. The molecular formula is C10H15N3O2S. The van der Waals surface area contributed by atoms with Gasteiger partial charge in [-0.3, -0.25) is 4.79 Å². The lowest BCUT2D eigenvalue weighted by molar-refractivity contribution is -0.142. The summed E-state index contributed by atoms with van der Waals surface area (Å²) >= 11 is 1.50. The number of carboxylic acid groups (broad SMARTS) is 1. The van der Waals surface area contributed by atoms with Gasteiger partial charge in [0.1, 0.15) is 5.54 Å². The first kappa shape index (κ1) is 12.9. The Hall–Kier alpha value is -1.14. The van der Waals surface area contributed by atoms with Crippen LogP contribution in [0.3, 0.4) is 0 Å². The third kappa shape index (κ3) is 4.16. The number of rotatable bonds is 6. The van der Waals surface area contributed by atoms with Gasteiger partial charge in [0.25, 0.3) is 0 Å². The van der Waals surface area contributed by atoms with Gasteiger partial charge < -0.3 is 10.8 Å². The van der Waals surface area contributed by atoms with E-state index in [4.69, 9.17) is 10.8 Å². The first-order valence-corrected chi connectivity index (χ1v) is 5.93. The summed E-state index contributed by atoms with van der Waals surface area (Å²) in [5, 5.41) is 9.51. The Morgan fingerprint density at radius 1 is 1.56 bits per heavy atom. The molecule has 0 fully saturated rings. The maximum atomic E-state index is 10.7. The SMILES string of the molecule is CC(N)(CCCSc1ncccn1)C(=O)O. The van der Waals surface area contributed by atoms with E-state index in [1.54, 1.807) is 18.5 Å². The first-order valence-electron chi connectivity index (χ1n) is 4.94. The van der Waals surface area contributed by atoms with Crippen molar-refractivity contribution in [3.8, 4) is 0 Å². The molecule has 1 atom stereocenters. The topological polar surface area (TPSA) is 89.1 Å². The number of hydrogen-bond acceptors (Lipinski definition) is 5. The monoisotopic (exact) mass is 241 g/mol. The van der Waals surface area contributed by atoms with Gasteiger partial charge in [-0.05, 0) is 25.8 Å². The molecule has 5 nitrogen and oxygen atoms in total. The lowest BCUT2D eigenvalue weighted by Crippen LogP contribution is -2.44. The quantitative estimate of drug-likeness (QED) is 0.441. The van der Waals surface area contributed by atoms with Crippen LogP contribution in [-0.4, -0.2) is 32.3 Å². The highest BCUT2D eigenvalue weighted by atomic mass is 32.2. The predicted octanol–water partition coefficient (Wildman–Crippen LogP) is 1.15. The molecular weight excluding hydrogens is 226 g/mol. The van der Waals surface area contributed by atoms with Crippen LogP contribution in [0.5, 0.6) is 0 Å². The van der Waals surface area contributed by atoms with Gasteiger partial charge in [-0.2, -0.15) is 0 Å². The van der Waals surface area contributed by atoms with Crippen molar-refractivity contribution in [1.82, 2.24) is 9.97 Å². The number of hydrogen-bond donors (Lipinski definition) is 2. The third-order valence-electron chi connectivity index (χ3n) is 2.10. The van der Waals surface area contributed by atoms with Crippen molar-refractivity contribution in [2.45, 2.75) is 30.5 Å². The van der Waals surface area contributed by atoms with Gasteiger partial charge in [0.15, 0.2) is 5.16 Å². The number of carbonyl (C=O) groups is 1. The van der Waals surface area contributed by atoms with Crippen LogP contribution in [0.2, 0.25) is 0 Å². The van der Waals surface area contributed by atoms with Crippen molar-refractivity contribution in [3.05, 3.63) is 18.5 Å². The average Bonchev–Trinajstić information content (AvgIpc) is 2.26. The molecule has 0 bridgehead atoms. The summed E-state index contributed by atoms with van der Waals surface area (Å²) in [4.78, 5) is 18.8. The van der Waals surface area contributed by atoms with Crippen molar-refractivity contribution in [1.29, 1.82) is 0 Å². The molecule has 3 N–H and O–H groups in total. The van der Waals surface area contributed by atoms with Crippen LogP contribution in [0.1, 0.15) is 19.8 Å². The zero-order chi connectivity index (χ0) is 12.0. The second-order valence-corrected chi connectivity index (χ2v) is 4.77. The predicted molar refractivity (Wildman–Crippen MR) is 62.2 cm³/mol. The first-order chi connectivity index (χ1) is 7.52. The normalized spacial score (nSPS) is 14.4. The van der Waals surface area contributed by atoms with E-state index >= 15 is 0 Å². The summed E-state index contributed by atoms with van der Waals surface area (Å²) in [7, 11) is 0. The van der Waals surface area contributed by atoms with Crippen molar-refractivity contribution < 1.29 is 9.90 Å². The molecule has 0 saturated carbocycles. The maximum absolute atomic E-state index is 10.7. The smallest absolute Gasteiger partial charge is 0.323 e. The fourth-order valence-electron chi connectivity index (χ4n) is 1.07. The molecule has 0 radical (unpaired) electrons. The van der Waals surface area contributed by atoms with Gasteiger partial charge in [0.2, 0.25) is 0 Å². The maximum Gasteiger partial charge on any atom is 0.323 e. The van der Waals surface area contributed by atoms with Gasteiger partial charge in [0.05, 0.1) is 0 Å². The molecule has 1 heterocycles. The van der Waals surface area contributed by atoms with E-state index < -0.39 is 11.5 Å². The summed E-state index contributed by atoms with van der Waals surface area (Å²) in [6.45, 7) is 1.53. The summed E-state index contributed by atoms with van der Waals surface area (Å²) in [5.41, 5.74) is 4.46. The molecule has 1 unspecified atom stereocenters. The van der Waals surface area contributed by atoms with Gasteiger partial charge in [-0.1, -0.05) is 11.8 Å². The molecule has 0 aliphatic heterocycles. The Balaban J connectivity index is 2.25. The van der Waals surface area contributed by atoms with Gasteiger partial charge >= 0.3 is 5.97 Å². The van der Waals surface area contributed by atoms with Crippen LogP contribution in [-0.2, 0) is 4.79 Å². The highest BCUT2D eigenvalue weighted by molar-refractivity contribution is 7.99. The van der Waals surface area contributed by atoms with E-state index in [9.17, 15) is 4.79 Å². The van der Waals surface area contributed by atoms with Crippen LogP contribution in [0.25, 0.3) is 0 Å². The standard InChI is InChI=1S/C10H15N3O2S/c1-10(11,8(14)15)4-2-7-16-9-12-5-3-6-13-9/h3,5-6H,2,4,7,11H2,1H3,(H,14,15). The van der Waals surface area contributed by atoms with Crippen LogP contribution >= 0.6 is 11.8 Å². The molecule has 0 aliphatic rings. The van der Waals surface area contributed by atoms with E-state index in [0.717, 1.165) is 12.2 Å². The molecule has 88 valence electrons. The summed E-state index contributed by atoms with van der Waals surface area (Å²) in [6.07, 6.45) is 4.53. The molecule has 0 amide bonds. The molecule has 1 aromatic rings. The minimum absolute atomic E-state index is 0.447. The van der Waals surface area contributed by atoms with Crippen LogP contribution in [0.4, 0.5) is 0 Å². The van der Waals surface area contributed by atoms with E-state index in [1.165, 1.54) is 18.7 Å². The highest BCUT2D eigenvalue weighted by Gasteiger charge is 2.26. The summed E-state index contributed by atoms with van der Waals surface area (Å²) in [5.74, 6) is -0.196. The third-order valence-corrected chi connectivity index (χ3v) is 3.06. The van der Waals surface area contributed by atoms with Crippen LogP contribution in [0, 0.1) is 0 Å². The second kappa shape index (κ2) is 5.81. The van der Waals surface area contributed by atoms with Gasteiger partial charge in [0, 0.05) is 18.1 Å². The van der Waals surface area contributed by atoms with E-state index in [2.05, 4.69) is 9.97 Å². The molecule has 0 saturated heterocycles. The Labute approximate surface area is 98.5 Å². The molecule has 16 heavy (non-hydrogen) atoms. The molecule has 1 rings (SSSR count). The van der Waals surface area contributed by atoms with Crippen molar-refractivity contribution in [3.63, 3.8) is 0 Å². The summed E-state index contributed by atoms with van der Waals surface area (Å²) < 4.78 is 0. The number of nitrogens with zero attached hydrogens (tertiary/aromatic N) is 2. The largest absolute Gasteiger partial charge is 0.480 e.